The van der Waals surface area contributed by atoms with E-state index in [1.807, 2.05) is 17.0 Å². The molecule has 1 saturated heterocycles. The molecule has 0 aromatic carbocycles. The van der Waals surface area contributed by atoms with Gasteiger partial charge in [0.05, 0.1) is 5.69 Å². The van der Waals surface area contributed by atoms with Crippen LogP contribution in [-0.2, 0) is 0 Å². The first kappa shape index (κ1) is 14.3. The van der Waals surface area contributed by atoms with Crippen LogP contribution in [0.25, 0.3) is 10.2 Å². The number of nitrogens with two attached hydrogens (primary N) is 1. The molecule has 21 heavy (non-hydrogen) atoms. The van der Waals surface area contributed by atoms with Crippen LogP contribution in [0.5, 0.6) is 0 Å². The van der Waals surface area contributed by atoms with Gasteiger partial charge in [0.1, 0.15) is 9.71 Å². The smallest absolute Gasteiger partial charge is 0.266 e. The number of aromatic nitrogens is 1. The summed E-state index contributed by atoms with van der Waals surface area (Å²) in [6.45, 7) is 4.80. The highest BCUT2D eigenvalue weighted by Gasteiger charge is 2.28. The summed E-state index contributed by atoms with van der Waals surface area (Å²) in [5.41, 5.74) is 6.74. The molecule has 2 N–H and O–H groups in total. The van der Waals surface area contributed by atoms with E-state index in [9.17, 15) is 4.79 Å². The second-order valence-corrected chi connectivity index (χ2v) is 6.66. The van der Waals surface area contributed by atoms with Crippen molar-refractivity contribution in [1.29, 1.82) is 0 Å². The van der Waals surface area contributed by atoms with Gasteiger partial charge in [0.25, 0.3) is 5.91 Å². The maximum atomic E-state index is 12.9. The second kappa shape index (κ2) is 5.61. The summed E-state index contributed by atoms with van der Waals surface area (Å²) in [6.07, 6.45) is 2.73. The van der Waals surface area contributed by atoms with Gasteiger partial charge in [-0.05, 0) is 39.1 Å². The van der Waals surface area contributed by atoms with Gasteiger partial charge in [-0.3, -0.25) is 4.79 Å². The molecule has 0 spiro atoms. The minimum Gasteiger partial charge on any atom is -0.397 e. The molecule has 2 aromatic heterocycles. The summed E-state index contributed by atoms with van der Waals surface area (Å²) < 4.78 is 0. The number of carbonyl (C=O) groups is 1. The maximum Gasteiger partial charge on any atom is 0.266 e. The molecule has 0 aliphatic carbocycles. The van der Waals surface area contributed by atoms with E-state index in [0.717, 1.165) is 36.3 Å². The molecule has 112 valence electrons. The third-order valence-electron chi connectivity index (χ3n) is 4.01. The van der Waals surface area contributed by atoms with Crippen molar-refractivity contribution in [2.75, 3.05) is 32.4 Å². The number of anilines is 1. The average Bonchev–Trinajstić information content (AvgIpc) is 2.70. The molecular weight excluding hydrogens is 284 g/mol. The van der Waals surface area contributed by atoms with E-state index in [0.29, 0.717) is 10.6 Å². The number of amides is 1. The van der Waals surface area contributed by atoms with Crippen LogP contribution in [0, 0.1) is 0 Å². The topological polar surface area (TPSA) is 62.5 Å². The number of thiophene rings is 1. The summed E-state index contributed by atoms with van der Waals surface area (Å²) in [6, 6.07) is 3.97. The average molecular weight is 304 g/mol. The highest BCUT2D eigenvalue weighted by atomic mass is 32.1. The SMILES string of the molecule is CC1CN(C)CCCN1C(=O)c1sc2ncccc2c1N. The lowest BCUT2D eigenvalue weighted by Crippen LogP contribution is -2.41. The zero-order valence-electron chi connectivity index (χ0n) is 12.4. The number of nitrogen functional groups attached to an aromatic ring is 1. The van der Waals surface area contributed by atoms with Crippen LogP contribution in [-0.4, -0.2) is 53.4 Å². The van der Waals surface area contributed by atoms with Gasteiger partial charge in [0.15, 0.2) is 0 Å². The van der Waals surface area contributed by atoms with E-state index >= 15 is 0 Å². The molecule has 5 nitrogen and oxygen atoms in total. The van der Waals surface area contributed by atoms with Crippen molar-refractivity contribution in [3.63, 3.8) is 0 Å². The molecular formula is C15H20N4OS. The summed E-state index contributed by atoms with van der Waals surface area (Å²) in [4.78, 5) is 22.8. The number of hydrogen-bond acceptors (Lipinski definition) is 5. The zero-order chi connectivity index (χ0) is 15.0. The molecule has 6 heteroatoms. The number of carbonyl (C=O) groups excluding carboxylic acids is 1. The Kier molecular flexibility index (Phi) is 3.82. The van der Waals surface area contributed by atoms with Crippen LogP contribution in [0.4, 0.5) is 5.69 Å². The van der Waals surface area contributed by atoms with E-state index in [-0.39, 0.29) is 11.9 Å². The van der Waals surface area contributed by atoms with E-state index in [1.54, 1.807) is 6.20 Å². The molecule has 3 heterocycles. The number of hydrogen-bond donors (Lipinski definition) is 1. The van der Waals surface area contributed by atoms with Crippen molar-refractivity contribution in [3.8, 4) is 0 Å². The third-order valence-corrected chi connectivity index (χ3v) is 5.12. The fourth-order valence-electron chi connectivity index (χ4n) is 2.91. The van der Waals surface area contributed by atoms with Crippen molar-refractivity contribution >= 4 is 33.1 Å². The lowest BCUT2D eigenvalue weighted by Gasteiger charge is -2.27. The Morgan fingerprint density at radius 1 is 1.48 bits per heavy atom. The number of rotatable bonds is 1. The van der Waals surface area contributed by atoms with Crippen molar-refractivity contribution in [3.05, 3.63) is 23.2 Å². The monoisotopic (exact) mass is 304 g/mol. The van der Waals surface area contributed by atoms with Crippen molar-refractivity contribution in [1.82, 2.24) is 14.8 Å². The Morgan fingerprint density at radius 3 is 3.05 bits per heavy atom. The lowest BCUT2D eigenvalue weighted by atomic mass is 10.2. The molecule has 1 aliphatic heterocycles. The van der Waals surface area contributed by atoms with Gasteiger partial charge in [0, 0.05) is 30.7 Å². The summed E-state index contributed by atoms with van der Waals surface area (Å²) >= 11 is 1.39. The quantitative estimate of drug-likeness (QED) is 0.876. The summed E-state index contributed by atoms with van der Waals surface area (Å²) in [5, 5.41) is 0.880. The van der Waals surface area contributed by atoms with E-state index in [1.165, 1.54) is 11.3 Å². The molecule has 1 aliphatic rings. The first-order chi connectivity index (χ1) is 10.1. The van der Waals surface area contributed by atoms with Gasteiger partial charge in [-0.1, -0.05) is 0 Å². The minimum absolute atomic E-state index is 0.0401. The fourth-order valence-corrected chi connectivity index (χ4v) is 3.93. The van der Waals surface area contributed by atoms with E-state index in [4.69, 9.17) is 5.73 Å². The highest BCUT2D eigenvalue weighted by Crippen LogP contribution is 2.33. The standard InChI is InChI=1S/C15H20N4OS/c1-10-9-18(2)7-4-8-19(10)15(20)13-12(16)11-5-3-6-17-14(11)21-13/h3,5-6,10H,4,7-9,16H2,1-2H3. The zero-order valence-corrected chi connectivity index (χ0v) is 13.2. The Balaban J connectivity index is 1.94. The first-order valence-corrected chi connectivity index (χ1v) is 8.02. The van der Waals surface area contributed by atoms with Crippen molar-refractivity contribution in [2.45, 2.75) is 19.4 Å². The van der Waals surface area contributed by atoms with Crippen LogP contribution in [0.1, 0.15) is 23.0 Å². The predicted molar refractivity (Wildman–Crippen MR) is 86.6 cm³/mol. The fraction of sp³-hybridized carbons (Fsp3) is 0.467. The first-order valence-electron chi connectivity index (χ1n) is 7.20. The van der Waals surface area contributed by atoms with Crippen LogP contribution in [0.3, 0.4) is 0 Å². The molecule has 0 radical (unpaired) electrons. The Hall–Kier alpha value is -1.66. The summed E-state index contributed by atoms with van der Waals surface area (Å²) in [5.74, 6) is 0.0401. The number of pyridine rings is 1. The predicted octanol–water partition coefficient (Wildman–Crippen LogP) is 2.04. The van der Waals surface area contributed by atoms with Crippen LogP contribution >= 0.6 is 11.3 Å². The molecule has 1 fully saturated rings. The van der Waals surface area contributed by atoms with Crippen molar-refractivity contribution < 1.29 is 4.79 Å². The molecule has 0 bridgehead atoms. The van der Waals surface area contributed by atoms with Crippen LogP contribution in [0.15, 0.2) is 18.3 Å². The number of nitrogens with zero attached hydrogens (tertiary/aromatic N) is 3. The normalized spacial score (nSPS) is 20.7. The molecule has 2 aromatic rings. The van der Waals surface area contributed by atoms with Gasteiger partial charge < -0.3 is 15.5 Å². The third kappa shape index (κ3) is 2.61. The Morgan fingerprint density at radius 2 is 2.29 bits per heavy atom. The molecule has 3 rings (SSSR count). The minimum atomic E-state index is 0.0401. The highest BCUT2D eigenvalue weighted by molar-refractivity contribution is 7.21. The summed E-state index contributed by atoms with van der Waals surface area (Å²) in [7, 11) is 2.10. The van der Waals surface area contributed by atoms with Gasteiger partial charge in [-0.25, -0.2) is 4.98 Å². The molecule has 0 saturated carbocycles. The Bertz CT molecular complexity index is 669. The Labute approximate surface area is 128 Å². The largest absolute Gasteiger partial charge is 0.397 e. The van der Waals surface area contributed by atoms with E-state index in [2.05, 4.69) is 23.9 Å². The van der Waals surface area contributed by atoms with E-state index < -0.39 is 0 Å². The van der Waals surface area contributed by atoms with Gasteiger partial charge in [-0.2, -0.15) is 0 Å². The van der Waals surface area contributed by atoms with Crippen LogP contribution in [0.2, 0.25) is 0 Å². The number of fused-ring (bicyclic) bond motifs is 1. The van der Waals surface area contributed by atoms with Crippen molar-refractivity contribution in [2.24, 2.45) is 0 Å². The maximum absolute atomic E-state index is 12.9. The van der Waals surface area contributed by atoms with Crippen LogP contribution < -0.4 is 5.73 Å². The molecule has 1 atom stereocenters. The lowest BCUT2D eigenvalue weighted by molar-refractivity contribution is 0.0702. The van der Waals surface area contributed by atoms with Gasteiger partial charge in [0.2, 0.25) is 0 Å². The second-order valence-electron chi connectivity index (χ2n) is 5.66. The number of likely N-dealkylation sites (N-methyl/N-ethyl adjacent to an activating group) is 1. The molecule has 1 amide bonds. The van der Waals surface area contributed by atoms with Gasteiger partial charge >= 0.3 is 0 Å². The van der Waals surface area contributed by atoms with Gasteiger partial charge in [-0.15, -0.1) is 11.3 Å². The molecule has 1 unspecified atom stereocenters.